The average molecular weight is 241 g/mol. The summed E-state index contributed by atoms with van der Waals surface area (Å²) in [4.78, 5) is 12.1. The van der Waals surface area contributed by atoms with Crippen molar-refractivity contribution in [2.45, 2.75) is 52.6 Å². The maximum Gasteiger partial charge on any atom is 0.346 e. The van der Waals surface area contributed by atoms with Crippen molar-refractivity contribution in [3.63, 3.8) is 0 Å². The van der Waals surface area contributed by atoms with E-state index in [2.05, 4.69) is 5.10 Å². The molecule has 5 heteroatoms. The summed E-state index contributed by atoms with van der Waals surface area (Å²) in [6, 6.07) is 0. The summed E-state index contributed by atoms with van der Waals surface area (Å²) >= 11 is 0. The molecule has 0 atom stereocenters. The topological polar surface area (TPSA) is 49.0 Å². The van der Waals surface area contributed by atoms with Gasteiger partial charge in [0.05, 0.1) is 5.54 Å². The Bertz CT molecular complexity index is 412. The van der Waals surface area contributed by atoms with Crippen LogP contribution in [0.25, 0.3) is 0 Å². The van der Waals surface area contributed by atoms with Crippen LogP contribution in [0, 0.1) is 6.92 Å². The number of rotatable bonds is 5. The molecule has 0 fully saturated rings. The predicted octanol–water partition coefficient (Wildman–Crippen LogP) is 1.53. The third-order valence-corrected chi connectivity index (χ3v) is 2.66. The monoisotopic (exact) mass is 241 g/mol. The molecule has 98 valence electrons. The van der Waals surface area contributed by atoms with Gasteiger partial charge in [-0.1, -0.05) is 0 Å². The second-order valence-electron chi connectivity index (χ2n) is 5.26. The van der Waals surface area contributed by atoms with E-state index in [0.717, 1.165) is 25.3 Å². The van der Waals surface area contributed by atoms with Gasteiger partial charge in [-0.3, -0.25) is 4.57 Å². The van der Waals surface area contributed by atoms with E-state index in [4.69, 9.17) is 4.74 Å². The summed E-state index contributed by atoms with van der Waals surface area (Å²) in [6.45, 7) is 9.27. The SMILES string of the molecule is COCCCCn1c(C)nn(C(C)(C)C)c1=O. The van der Waals surface area contributed by atoms with Gasteiger partial charge in [0, 0.05) is 20.3 Å². The highest BCUT2D eigenvalue weighted by atomic mass is 16.5. The summed E-state index contributed by atoms with van der Waals surface area (Å²) in [5, 5.41) is 4.32. The van der Waals surface area contributed by atoms with Crippen LogP contribution >= 0.6 is 0 Å². The molecule has 1 aromatic rings. The van der Waals surface area contributed by atoms with Gasteiger partial charge in [0.25, 0.3) is 0 Å². The Morgan fingerprint density at radius 3 is 2.41 bits per heavy atom. The van der Waals surface area contributed by atoms with Gasteiger partial charge in [-0.15, -0.1) is 0 Å². The molecule has 0 N–H and O–H groups in total. The lowest BCUT2D eigenvalue weighted by atomic mass is 10.1. The molecule has 0 bridgehead atoms. The van der Waals surface area contributed by atoms with Gasteiger partial charge in [0.15, 0.2) is 0 Å². The van der Waals surface area contributed by atoms with Crippen LogP contribution in [0.5, 0.6) is 0 Å². The smallest absolute Gasteiger partial charge is 0.346 e. The first-order valence-corrected chi connectivity index (χ1v) is 6.04. The normalized spacial score (nSPS) is 12.1. The number of unbranched alkanes of at least 4 members (excludes halogenated alkanes) is 1. The Morgan fingerprint density at radius 1 is 1.29 bits per heavy atom. The number of aromatic nitrogens is 3. The van der Waals surface area contributed by atoms with E-state index in [1.54, 1.807) is 16.4 Å². The first-order chi connectivity index (χ1) is 7.88. The molecule has 17 heavy (non-hydrogen) atoms. The number of hydrogen-bond donors (Lipinski definition) is 0. The molecular formula is C12H23N3O2. The average Bonchev–Trinajstić information content (AvgIpc) is 2.50. The van der Waals surface area contributed by atoms with Crippen molar-refractivity contribution >= 4 is 0 Å². The van der Waals surface area contributed by atoms with Crippen molar-refractivity contribution in [2.75, 3.05) is 13.7 Å². The van der Waals surface area contributed by atoms with Crippen molar-refractivity contribution in [3.05, 3.63) is 16.3 Å². The van der Waals surface area contributed by atoms with Crippen LogP contribution in [0.1, 0.15) is 39.4 Å². The van der Waals surface area contributed by atoms with Crippen molar-refractivity contribution in [3.8, 4) is 0 Å². The van der Waals surface area contributed by atoms with E-state index >= 15 is 0 Å². The van der Waals surface area contributed by atoms with Gasteiger partial charge >= 0.3 is 5.69 Å². The minimum Gasteiger partial charge on any atom is -0.385 e. The van der Waals surface area contributed by atoms with Gasteiger partial charge < -0.3 is 4.74 Å². The second-order valence-corrected chi connectivity index (χ2v) is 5.26. The molecule has 0 aliphatic carbocycles. The molecule has 1 aromatic heterocycles. The third-order valence-electron chi connectivity index (χ3n) is 2.66. The summed E-state index contributed by atoms with van der Waals surface area (Å²) < 4.78 is 8.28. The molecule has 1 rings (SSSR count). The zero-order chi connectivity index (χ0) is 13.1. The molecule has 5 nitrogen and oxygen atoms in total. The molecule has 0 spiro atoms. The Balaban J connectivity index is 2.80. The van der Waals surface area contributed by atoms with E-state index in [1.165, 1.54) is 0 Å². The molecule has 0 saturated carbocycles. The van der Waals surface area contributed by atoms with Gasteiger partial charge in [-0.2, -0.15) is 5.10 Å². The molecule has 1 heterocycles. The second kappa shape index (κ2) is 5.49. The van der Waals surface area contributed by atoms with Crippen LogP contribution in [0.3, 0.4) is 0 Å². The standard InChI is InChI=1S/C12H23N3O2/c1-10-13-15(12(2,3)4)11(16)14(10)8-6-7-9-17-5/h6-9H2,1-5H3. The Morgan fingerprint density at radius 2 is 1.94 bits per heavy atom. The van der Waals surface area contributed by atoms with Gasteiger partial charge in [0.1, 0.15) is 5.82 Å². The van der Waals surface area contributed by atoms with Crippen molar-refractivity contribution in [1.82, 2.24) is 14.3 Å². The maximum absolute atomic E-state index is 12.1. The van der Waals surface area contributed by atoms with Crippen molar-refractivity contribution < 1.29 is 4.74 Å². The molecule has 0 aromatic carbocycles. The number of aryl methyl sites for hydroxylation is 1. The maximum atomic E-state index is 12.1. The third kappa shape index (κ3) is 3.43. The fourth-order valence-electron chi connectivity index (χ4n) is 1.70. The summed E-state index contributed by atoms with van der Waals surface area (Å²) in [7, 11) is 1.69. The van der Waals surface area contributed by atoms with E-state index < -0.39 is 0 Å². The largest absolute Gasteiger partial charge is 0.385 e. The zero-order valence-electron chi connectivity index (χ0n) is 11.5. The minimum absolute atomic E-state index is 0.0209. The molecule has 0 amide bonds. The van der Waals surface area contributed by atoms with Gasteiger partial charge in [0.2, 0.25) is 0 Å². The zero-order valence-corrected chi connectivity index (χ0v) is 11.5. The highest BCUT2D eigenvalue weighted by Crippen LogP contribution is 2.09. The lowest BCUT2D eigenvalue weighted by Gasteiger charge is -2.16. The molecule has 0 radical (unpaired) electrons. The fourth-order valence-corrected chi connectivity index (χ4v) is 1.70. The van der Waals surface area contributed by atoms with Crippen LogP contribution in [0.15, 0.2) is 4.79 Å². The fraction of sp³-hybridized carbons (Fsp3) is 0.833. The van der Waals surface area contributed by atoms with Crippen LogP contribution in [-0.4, -0.2) is 28.1 Å². The van der Waals surface area contributed by atoms with Crippen LogP contribution < -0.4 is 5.69 Å². The Kier molecular flexibility index (Phi) is 4.51. The summed E-state index contributed by atoms with van der Waals surface area (Å²) in [5.41, 5.74) is -0.285. The molecule has 0 aliphatic rings. The molecular weight excluding hydrogens is 218 g/mol. The van der Waals surface area contributed by atoms with E-state index in [1.807, 2.05) is 27.7 Å². The highest BCUT2D eigenvalue weighted by Gasteiger charge is 2.20. The molecule has 0 aliphatic heterocycles. The predicted molar refractivity (Wildman–Crippen MR) is 67.3 cm³/mol. The highest BCUT2D eigenvalue weighted by molar-refractivity contribution is 4.87. The molecule has 0 unspecified atom stereocenters. The lowest BCUT2D eigenvalue weighted by Crippen LogP contribution is -2.35. The van der Waals surface area contributed by atoms with Gasteiger partial charge in [-0.25, -0.2) is 9.48 Å². The van der Waals surface area contributed by atoms with Crippen molar-refractivity contribution in [1.29, 1.82) is 0 Å². The lowest BCUT2D eigenvalue weighted by molar-refractivity contribution is 0.191. The molecule has 0 saturated heterocycles. The number of nitrogens with zero attached hydrogens (tertiary/aromatic N) is 3. The number of hydrogen-bond acceptors (Lipinski definition) is 3. The first-order valence-electron chi connectivity index (χ1n) is 6.04. The van der Waals surface area contributed by atoms with Crippen LogP contribution in [0.4, 0.5) is 0 Å². The van der Waals surface area contributed by atoms with Crippen LogP contribution in [-0.2, 0) is 16.8 Å². The Labute approximate surface area is 102 Å². The number of methoxy groups -OCH3 is 1. The summed E-state index contributed by atoms with van der Waals surface area (Å²) in [6.07, 6.45) is 1.90. The van der Waals surface area contributed by atoms with E-state index in [9.17, 15) is 4.79 Å². The van der Waals surface area contributed by atoms with Gasteiger partial charge in [-0.05, 0) is 40.5 Å². The number of ether oxygens (including phenoxy) is 1. The Hall–Kier alpha value is -1.10. The first kappa shape index (κ1) is 14.0. The van der Waals surface area contributed by atoms with E-state index in [-0.39, 0.29) is 11.2 Å². The quantitative estimate of drug-likeness (QED) is 0.735. The summed E-state index contributed by atoms with van der Waals surface area (Å²) in [5.74, 6) is 0.780. The van der Waals surface area contributed by atoms with Crippen LogP contribution in [0.2, 0.25) is 0 Å². The minimum atomic E-state index is -0.264. The van der Waals surface area contributed by atoms with E-state index in [0.29, 0.717) is 6.54 Å². The van der Waals surface area contributed by atoms with Crippen molar-refractivity contribution in [2.24, 2.45) is 0 Å².